The molecule has 0 unspecified atom stereocenters. The van der Waals surface area contributed by atoms with E-state index in [1.807, 2.05) is 12.1 Å². The van der Waals surface area contributed by atoms with Gasteiger partial charge in [-0.3, -0.25) is 4.79 Å². The summed E-state index contributed by atoms with van der Waals surface area (Å²) >= 11 is 0. The highest BCUT2D eigenvalue weighted by Gasteiger charge is 2.24. The molecule has 122 valence electrons. The summed E-state index contributed by atoms with van der Waals surface area (Å²) in [4.78, 5) is 12.6. The van der Waals surface area contributed by atoms with Gasteiger partial charge in [-0.2, -0.15) is 0 Å². The summed E-state index contributed by atoms with van der Waals surface area (Å²) in [5, 5.41) is 0.668. The molecule has 0 radical (unpaired) electrons. The second kappa shape index (κ2) is 5.44. The van der Waals surface area contributed by atoms with E-state index in [4.69, 9.17) is 10.2 Å². The van der Waals surface area contributed by atoms with Gasteiger partial charge in [-0.05, 0) is 61.1 Å². The average molecular weight is 327 g/mol. The molecule has 1 aromatic heterocycles. The Morgan fingerprint density at radius 3 is 2.46 bits per heavy atom. The molecule has 1 heterocycles. The summed E-state index contributed by atoms with van der Waals surface area (Å²) < 4.78 is 32.5. The number of benzene rings is 2. The second-order valence-electron chi connectivity index (χ2n) is 6.12. The summed E-state index contributed by atoms with van der Waals surface area (Å²) in [6.45, 7) is 0. The maximum atomic E-state index is 13.9. The number of ketones is 1. The molecule has 0 aliphatic heterocycles. The van der Waals surface area contributed by atoms with E-state index in [1.54, 1.807) is 0 Å². The van der Waals surface area contributed by atoms with Crippen LogP contribution in [-0.2, 0) is 12.8 Å². The number of nitrogen functional groups attached to an aromatic ring is 1. The quantitative estimate of drug-likeness (QED) is 0.710. The number of furan rings is 1. The molecule has 2 N–H and O–H groups in total. The molecule has 0 spiro atoms. The van der Waals surface area contributed by atoms with Crippen molar-refractivity contribution in [3.8, 4) is 0 Å². The fourth-order valence-corrected chi connectivity index (χ4v) is 3.31. The zero-order valence-corrected chi connectivity index (χ0v) is 12.9. The first-order valence-corrected chi connectivity index (χ1v) is 7.88. The number of carbonyl (C=O) groups is 1. The van der Waals surface area contributed by atoms with Gasteiger partial charge in [0.25, 0.3) is 0 Å². The third-order valence-electron chi connectivity index (χ3n) is 4.57. The smallest absolute Gasteiger partial charge is 0.233 e. The first-order valence-electron chi connectivity index (χ1n) is 7.88. The highest BCUT2D eigenvalue weighted by Crippen LogP contribution is 2.34. The molecule has 4 rings (SSSR count). The first-order chi connectivity index (χ1) is 11.5. The summed E-state index contributed by atoms with van der Waals surface area (Å²) in [6, 6.07) is 6.68. The Labute approximate surface area is 137 Å². The molecular formula is C19H15F2NO2. The predicted molar refractivity (Wildman–Crippen MR) is 87.1 cm³/mol. The Kier molecular flexibility index (Phi) is 3.37. The molecule has 3 nitrogen and oxygen atoms in total. The van der Waals surface area contributed by atoms with Gasteiger partial charge in [-0.1, -0.05) is 0 Å². The average Bonchev–Trinajstić information content (AvgIpc) is 2.88. The summed E-state index contributed by atoms with van der Waals surface area (Å²) in [6.07, 6.45) is 4.21. The van der Waals surface area contributed by atoms with Crippen LogP contribution >= 0.6 is 0 Å². The maximum Gasteiger partial charge on any atom is 0.233 e. The van der Waals surface area contributed by atoms with E-state index < -0.39 is 17.4 Å². The topological polar surface area (TPSA) is 56.2 Å². The molecule has 0 amide bonds. The molecule has 24 heavy (non-hydrogen) atoms. The highest BCUT2D eigenvalue weighted by molar-refractivity contribution is 6.14. The van der Waals surface area contributed by atoms with Crippen molar-refractivity contribution >= 4 is 22.4 Å². The summed E-state index contributed by atoms with van der Waals surface area (Å²) in [5.74, 6) is -2.45. The third-order valence-corrected chi connectivity index (χ3v) is 4.57. The largest absolute Gasteiger partial charge is 0.450 e. The van der Waals surface area contributed by atoms with Crippen LogP contribution in [0.5, 0.6) is 0 Å². The number of anilines is 1. The van der Waals surface area contributed by atoms with Crippen molar-refractivity contribution in [1.29, 1.82) is 0 Å². The number of hydrogen-bond acceptors (Lipinski definition) is 3. The molecule has 1 aliphatic rings. The van der Waals surface area contributed by atoms with Gasteiger partial charge in [-0.25, -0.2) is 8.78 Å². The molecule has 0 bridgehead atoms. The Morgan fingerprint density at radius 2 is 1.75 bits per heavy atom. The van der Waals surface area contributed by atoms with Crippen LogP contribution < -0.4 is 5.73 Å². The van der Waals surface area contributed by atoms with Gasteiger partial charge >= 0.3 is 0 Å². The van der Waals surface area contributed by atoms with Crippen molar-refractivity contribution in [1.82, 2.24) is 0 Å². The number of aryl methyl sites for hydroxylation is 2. The zero-order chi connectivity index (χ0) is 16.8. The van der Waals surface area contributed by atoms with Gasteiger partial charge in [0, 0.05) is 11.5 Å². The lowest BCUT2D eigenvalue weighted by Crippen LogP contribution is -2.06. The van der Waals surface area contributed by atoms with E-state index in [0.29, 0.717) is 17.0 Å². The van der Waals surface area contributed by atoms with Crippen LogP contribution in [0.15, 0.2) is 34.7 Å². The molecular weight excluding hydrogens is 312 g/mol. The number of halogens is 2. The fraction of sp³-hybridized carbons (Fsp3) is 0.211. The Bertz CT molecular complexity index is 975. The molecule has 3 aromatic rings. The van der Waals surface area contributed by atoms with Gasteiger partial charge < -0.3 is 10.2 Å². The summed E-state index contributed by atoms with van der Waals surface area (Å²) in [5.41, 5.74) is 8.97. The molecule has 0 saturated carbocycles. The lowest BCUT2D eigenvalue weighted by molar-refractivity contribution is 0.101. The van der Waals surface area contributed by atoms with E-state index in [0.717, 1.165) is 37.8 Å². The lowest BCUT2D eigenvalue weighted by atomic mass is 9.90. The second-order valence-corrected chi connectivity index (χ2v) is 6.12. The first kappa shape index (κ1) is 14.9. The van der Waals surface area contributed by atoms with Crippen LogP contribution in [0.4, 0.5) is 14.5 Å². The molecule has 0 fully saturated rings. The van der Waals surface area contributed by atoms with Crippen molar-refractivity contribution in [3.63, 3.8) is 0 Å². The molecule has 5 heteroatoms. The number of nitrogens with two attached hydrogens (primary N) is 1. The number of hydrogen-bond donors (Lipinski definition) is 1. The minimum absolute atomic E-state index is 0.0992. The van der Waals surface area contributed by atoms with Gasteiger partial charge in [0.2, 0.25) is 5.78 Å². The third kappa shape index (κ3) is 2.28. The van der Waals surface area contributed by atoms with Crippen LogP contribution in [0.1, 0.15) is 40.1 Å². The monoisotopic (exact) mass is 327 g/mol. The van der Waals surface area contributed by atoms with Crippen LogP contribution in [-0.4, -0.2) is 5.78 Å². The minimum Gasteiger partial charge on any atom is -0.450 e. The van der Waals surface area contributed by atoms with Gasteiger partial charge in [0.1, 0.15) is 17.2 Å². The van der Waals surface area contributed by atoms with E-state index in [1.165, 1.54) is 11.1 Å². The van der Waals surface area contributed by atoms with Crippen LogP contribution in [0.3, 0.4) is 0 Å². The molecule has 0 saturated heterocycles. The molecule has 0 atom stereocenters. The van der Waals surface area contributed by atoms with Crippen molar-refractivity contribution in [2.45, 2.75) is 25.7 Å². The van der Waals surface area contributed by atoms with Crippen LogP contribution in [0.25, 0.3) is 11.0 Å². The SMILES string of the molecule is Nc1c(C(=O)c2ccc(F)cc2F)oc2cc3c(cc12)CCCC3. The normalized spacial score (nSPS) is 13.9. The molecule has 1 aliphatic carbocycles. The van der Waals surface area contributed by atoms with E-state index in [9.17, 15) is 13.6 Å². The van der Waals surface area contributed by atoms with E-state index in [-0.39, 0.29) is 17.0 Å². The van der Waals surface area contributed by atoms with Gasteiger partial charge in [0.05, 0.1) is 11.3 Å². The van der Waals surface area contributed by atoms with Crippen molar-refractivity contribution in [3.05, 3.63) is 64.4 Å². The maximum absolute atomic E-state index is 13.9. The predicted octanol–water partition coefficient (Wildman–Crippen LogP) is 4.40. The van der Waals surface area contributed by atoms with Crippen molar-refractivity contribution < 1.29 is 18.0 Å². The van der Waals surface area contributed by atoms with Gasteiger partial charge in [-0.15, -0.1) is 0 Å². The summed E-state index contributed by atoms with van der Waals surface area (Å²) in [7, 11) is 0. The van der Waals surface area contributed by atoms with Crippen molar-refractivity contribution in [2.24, 2.45) is 0 Å². The van der Waals surface area contributed by atoms with E-state index >= 15 is 0 Å². The number of rotatable bonds is 2. The van der Waals surface area contributed by atoms with E-state index in [2.05, 4.69) is 0 Å². The fourth-order valence-electron chi connectivity index (χ4n) is 3.31. The van der Waals surface area contributed by atoms with Crippen LogP contribution in [0, 0.1) is 11.6 Å². The Balaban J connectivity index is 1.84. The molecule has 2 aromatic carbocycles. The number of fused-ring (bicyclic) bond motifs is 2. The standard InChI is InChI=1S/C19H15F2NO2/c20-12-5-6-13(15(21)9-12)18(23)19-17(22)14-7-10-3-1-2-4-11(10)8-16(14)24-19/h5-9H,1-4,22H2. The zero-order valence-electron chi connectivity index (χ0n) is 12.9. The Morgan fingerprint density at radius 1 is 1.04 bits per heavy atom. The minimum atomic E-state index is -0.931. The lowest BCUT2D eigenvalue weighted by Gasteiger charge is -2.14. The highest BCUT2D eigenvalue weighted by atomic mass is 19.1. The van der Waals surface area contributed by atoms with Gasteiger partial charge in [0.15, 0.2) is 5.76 Å². The Hall–Kier alpha value is -2.69. The number of carbonyl (C=O) groups excluding carboxylic acids is 1. The van der Waals surface area contributed by atoms with Crippen molar-refractivity contribution in [2.75, 3.05) is 5.73 Å². The van der Waals surface area contributed by atoms with Crippen LogP contribution in [0.2, 0.25) is 0 Å².